The van der Waals surface area contributed by atoms with Crippen LogP contribution in [0.2, 0.25) is 0 Å². The van der Waals surface area contributed by atoms with Crippen molar-refractivity contribution in [2.24, 2.45) is 0 Å². The maximum Gasteiger partial charge on any atom is 2.00 e. The molecule has 0 aromatic heterocycles. The summed E-state index contributed by atoms with van der Waals surface area (Å²) in [5, 5.41) is 38.9. The fourth-order valence-corrected chi connectivity index (χ4v) is 0.684. The van der Waals surface area contributed by atoms with Crippen LogP contribution >= 0.6 is 0 Å². The van der Waals surface area contributed by atoms with Gasteiger partial charge in [0.1, 0.15) is 5.60 Å². The van der Waals surface area contributed by atoms with Gasteiger partial charge in [-0.15, -0.1) is 0 Å². The molecule has 0 atom stereocenters. The third-order valence-electron chi connectivity index (χ3n) is 1.25. The van der Waals surface area contributed by atoms with E-state index in [9.17, 15) is 29.7 Å². The number of carboxylic acids is 3. The molecule has 0 aliphatic carbocycles. The molecule has 18 heavy (non-hydrogen) atoms. The van der Waals surface area contributed by atoms with Gasteiger partial charge in [0.05, 0.1) is 5.97 Å². The summed E-state index contributed by atoms with van der Waals surface area (Å²) in [5.74, 6) is -5.98. The second kappa shape index (κ2) is 17.1. The zero-order valence-electron chi connectivity index (χ0n) is 9.43. The van der Waals surface area contributed by atoms with Crippen LogP contribution in [-0.2, 0) is 14.4 Å². The summed E-state index contributed by atoms with van der Waals surface area (Å²) in [6.07, 6.45) is -2.72. The van der Waals surface area contributed by atoms with Crippen molar-refractivity contribution in [1.29, 1.82) is 0 Å². The summed E-state index contributed by atoms with van der Waals surface area (Å²) < 4.78 is 0. The SMILES string of the molecule is O.O.O=C([O-])CC(O)(CC(=O)[O-])C(=O)[O-].[Ca+2].[Ca+2].[Ca+2]. The molecule has 0 unspecified atom stereocenters. The predicted octanol–water partition coefficient (Wildman–Crippen LogP) is -8.04. The smallest absolute Gasteiger partial charge is 0.550 e. The Hall–Kier alpha value is 2.07. The first-order valence-corrected chi connectivity index (χ1v) is 3.11. The van der Waals surface area contributed by atoms with E-state index in [0.717, 1.165) is 0 Å². The number of carbonyl (C=O) groups excluding carboxylic acids is 3. The fraction of sp³-hybridized carbons (Fsp3) is 0.500. The molecule has 0 aliphatic rings. The molecule has 9 nitrogen and oxygen atoms in total. The van der Waals surface area contributed by atoms with E-state index in [0.29, 0.717) is 0 Å². The van der Waals surface area contributed by atoms with Crippen LogP contribution in [0.5, 0.6) is 0 Å². The van der Waals surface area contributed by atoms with Crippen molar-refractivity contribution in [3.63, 3.8) is 0 Å². The van der Waals surface area contributed by atoms with Gasteiger partial charge in [-0.05, 0) is 0 Å². The zero-order valence-corrected chi connectivity index (χ0v) is 16.1. The molecule has 0 aliphatic heterocycles. The van der Waals surface area contributed by atoms with Gasteiger partial charge in [0, 0.05) is 24.8 Å². The molecule has 0 aromatic carbocycles. The first-order valence-electron chi connectivity index (χ1n) is 3.11. The van der Waals surface area contributed by atoms with Crippen molar-refractivity contribution in [3.8, 4) is 0 Å². The minimum Gasteiger partial charge on any atom is -0.550 e. The van der Waals surface area contributed by atoms with E-state index < -0.39 is 36.4 Å². The molecule has 0 bridgehead atoms. The van der Waals surface area contributed by atoms with Crippen LogP contribution in [0.25, 0.3) is 0 Å². The summed E-state index contributed by atoms with van der Waals surface area (Å²) in [6, 6.07) is 0. The van der Waals surface area contributed by atoms with E-state index in [2.05, 4.69) is 0 Å². The molecule has 0 saturated carbocycles. The maximum atomic E-state index is 10.1. The second-order valence-electron chi connectivity index (χ2n) is 2.42. The number of rotatable bonds is 5. The Morgan fingerprint density at radius 1 is 0.833 bits per heavy atom. The maximum absolute atomic E-state index is 10.1. The molecule has 0 fully saturated rings. The average Bonchev–Trinajstić information content (AvgIpc) is 1.82. The van der Waals surface area contributed by atoms with Crippen LogP contribution in [0.1, 0.15) is 12.8 Å². The van der Waals surface area contributed by atoms with Crippen LogP contribution in [0.3, 0.4) is 0 Å². The third-order valence-corrected chi connectivity index (χ3v) is 1.25. The Labute approximate surface area is 192 Å². The number of aliphatic carboxylic acids is 3. The van der Waals surface area contributed by atoms with Gasteiger partial charge in [0.25, 0.3) is 0 Å². The van der Waals surface area contributed by atoms with Crippen molar-refractivity contribution < 1.29 is 45.8 Å². The van der Waals surface area contributed by atoms with E-state index in [4.69, 9.17) is 5.11 Å². The molecule has 90 valence electrons. The molecule has 0 saturated heterocycles. The van der Waals surface area contributed by atoms with Gasteiger partial charge >= 0.3 is 113 Å². The van der Waals surface area contributed by atoms with E-state index in [1.165, 1.54) is 0 Å². The van der Waals surface area contributed by atoms with Crippen molar-refractivity contribution in [1.82, 2.24) is 0 Å². The van der Waals surface area contributed by atoms with Gasteiger partial charge in [0.2, 0.25) is 0 Å². The average molecular weight is 345 g/mol. The van der Waals surface area contributed by atoms with Crippen molar-refractivity contribution in [2.45, 2.75) is 18.4 Å². The van der Waals surface area contributed by atoms with E-state index in [1.807, 2.05) is 0 Å². The Kier molecular flexibility index (Phi) is 35.1. The Morgan fingerprint density at radius 3 is 1.17 bits per heavy atom. The van der Waals surface area contributed by atoms with Crippen LogP contribution < -0.4 is 15.3 Å². The van der Waals surface area contributed by atoms with Crippen LogP contribution in [0.15, 0.2) is 0 Å². The predicted molar refractivity (Wildman–Crippen MR) is 53.7 cm³/mol. The number of hydrogen-bond donors (Lipinski definition) is 1. The quantitative estimate of drug-likeness (QED) is 0.476. The topological polar surface area (TPSA) is 204 Å². The summed E-state index contributed by atoms with van der Waals surface area (Å²) in [6.45, 7) is 0. The van der Waals surface area contributed by atoms with Gasteiger partial charge in [-0.25, -0.2) is 0 Å². The molecule has 12 heteroatoms. The summed E-state index contributed by atoms with van der Waals surface area (Å²) in [4.78, 5) is 30.0. The third kappa shape index (κ3) is 16.1. The Morgan fingerprint density at radius 2 is 1.06 bits per heavy atom. The standard InChI is InChI=1S/C6H8O7.3Ca.2H2O/c7-3(8)1-6(13,5(11)12)2-4(9)10;;;;;/h13H,1-2H2,(H,7,8)(H,9,10)(H,11,12);;;;2*1H2/q;3*+2;;/p-3. The number of aliphatic hydroxyl groups is 1. The monoisotopic (exact) mass is 345 g/mol. The van der Waals surface area contributed by atoms with Gasteiger partial charge in [-0.1, -0.05) is 0 Å². The van der Waals surface area contributed by atoms with Gasteiger partial charge in [-0.3, -0.25) is 0 Å². The van der Waals surface area contributed by atoms with Crippen LogP contribution in [0.4, 0.5) is 0 Å². The summed E-state index contributed by atoms with van der Waals surface area (Å²) in [7, 11) is 0. The molecule has 0 aromatic rings. The van der Waals surface area contributed by atoms with E-state index in [-0.39, 0.29) is 124 Å². The Bertz CT molecular complexity index is 241. The first kappa shape index (κ1) is 36.9. The van der Waals surface area contributed by atoms with Gasteiger partial charge in [-0.2, -0.15) is 0 Å². The molecule has 0 heterocycles. The Balaban J connectivity index is -0.0000000720. The minimum absolute atomic E-state index is 0. The van der Waals surface area contributed by atoms with Crippen molar-refractivity contribution in [3.05, 3.63) is 0 Å². The molecule has 0 amide bonds. The largest absolute Gasteiger partial charge is 2.00 e. The summed E-state index contributed by atoms with van der Waals surface area (Å²) >= 11 is 0. The van der Waals surface area contributed by atoms with Crippen LogP contribution in [-0.4, -0.2) is 153 Å². The first-order chi connectivity index (χ1) is 5.78. The number of carbonyl (C=O) groups is 3. The van der Waals surface area contributed by atoms with Crippen molar-refractivity contribution >= 4 is 131 Å². The molecular formula is C6H9Ca3O9+3. The molecule has 5 N–H and O–H groups in total. The van der Waals surface area contributed by atoms with Crippen molar-refractivity contribution in [2.75, 3.05) is 0 Å². The fourth-order valence-electron chi connectivity index (χ4n) is 0.684. The zero-order chi connectivity index (χ0) is 10.6. The molecule has 0 rings (SSSR count). The minimum atomic E-state index is -2.97. The molecule has 0 radical (unpaired) electrons. The summed E-state index contributed by atoms with van der Waals surface area (Å²) in [5.41, 5.74) is -2.97. The normalized spacial score (nSPS) is 7.83. The van der Waals surface area contributed by atoms with Gasteiger partial charge in [0.15, 0.2) is 0 Å². The van der Waals surface area contributed by atoms with Crippen LogP contribution in [0, 0.1) is 0 Å². The molecule has 0 spiro atoms. The van der Waals surface area contributed by atoms with E-state index in [1.54, 1.807) is 0 Å². The van der Waals surface area contributed by atoms with Gasteiger partial charge < -0.3 is 45.8 Å². The second-order valence-corrected chi connectivity index (χ2v) is 2.42. The number of carboxylic acid groups (broad SMARTS) is 3. The molecular weight excluding hydrogens is 336 g/mol. The van der Waals surface area contributed by atoms with E-state index >= 15 is 0 Å². The number of hydrogen-bond acceptors (Lipinski definition) is 7.